The molecule has 1 heterocycles. The zero-order valence-electron chi connectivity index (χ0n) is 10.8. The molecular weight excluding hydrogens is 420 g/mol. The molecule has 0 atom stereocenters. The first-order chi connectivity index (χ1) is 10.0. The minimum atomic E-state index is -0.257. The molecule has 1 aliphatic rings. The average molecular weight is 432 g/mol. The number of aromatic nitrogens is 1. The molecule has 0 unspecified atom stereocenters. The minimum Gasteiger partial charge on any atom is -0.382 e. The SMILES string of the molecule is Nc1nc(NC2CC2)sc1C(=O)Nc1cc(Br)ccc1Br. The molecular formula is C13H12Br2N4OS. The van der Waals surface area contributed by atoms with Gasteiger partial charge in [-0.25, -0.2) is 4.98 Å². The molecule has 1 aliphatic carbocycles. The third-order valence-electron chi connectivity index (χ3n) is 2.94. The van der Waals surface area contributed by atoms with Crippen LogP contribution in [0.4, 0.5) is 16.6 Å². The van der Waals surface area contributed by atoms with E-state index in [0.29, 0.717) is 21.7 Å². The van der Waals surface area contributed by atoms with Crippen molar-refractivity contribution in [2.45, 2.75) is 18.9 Å². The van der Waals surface area contributed by atoms with Crippen LogP contribution in [0.3, 0.4) is 0 Å². The van der Waals surface area contributed by atoms with E-state index >= 15 is 0 Å². The Bertz CT molecular complexity index is 699. The van der Waals surface area contributed by atoms with Gasteiger partial charge in [-0.3, -0.25) is 4.79 Å². The number of carbonyl (C=O) groups excluding carboxylic acids is 1. The van der Waals surface area contributed by atoms with Crippen LogP contribution in [0.25, 0.3) is 0 Å². The lowest BCUT2D eigenvalue weighted by molar-refractivity contribution is 0.103. The van der Waals surface area contributed by atoms with Gasteiger partial charge in [0.2, 0.25) is 0 Å². The van der Waals surface area contributed by atoms with Crippen LogP contribution in [0, 0.1) is 0 Å². The summed E-state index contributed by atoms with van der Waals surface area (Å²) in [5, 5.41) is 6.79. The highest BCUT2D eigenvalue weighted by atomic mass is 79.9. The van der Waals surface area contributed by atoms with Gasteiger partial charge in [-0.05, 0) is 47.0 Å². The second-order valence-corrected chi connectivity index (χ2v) is 7.50. The largest absolute Gasteiger partial charge is 0.382 e. The number of halogens is 2. The van der Waals surface area contributed by atoms with Crippen molar-refractivity contribution in [3.05, 3.63) is 32.0 Å². The molecule has 0 spiro atoms. The third-order valence-corrected chi connectivity index (χ3v) is 5.13. The Morgan fingerprint density at radius 1 is 1.38 bits per heavy atom. The number of hydrogen-bond acceptors (Lipinski definition) is 5. The number of carbonyl (C=O) groups is 1. The molecule has 0 radical (unpaired) electrons. The topological polar surface area (TPSA) is 80.0 Å². The summed E-state index contributed by atoms with van der Waals surface area (Å²) in [5.41, 5.74) is 6.52. The van der Waals surface area contributed by atoms with Gasteiger partial charge in [0.25, 0.3) is 5.91 Å². The van der Waals surface area contributed by atoms with Crippen molar-refractivity contribution in [3.8, 4) is 0 Å². The number of hydrogen-bond donors (Lipinski definition) is 3. The predicted octanol–water partition coefficient (Wildman–Crippen LogP) is 4.08. The van der Waals surface area contributed by atoms with Gasteiger partial charge >= 0.3 is 0 Å². The quantitative estimate of drug-likeness (QED) is 0.681. The number of amides is 1. The Hall–Kier alpha value is -1.12. The number of benzene rings is 1. The van der Waals surface area contributed by atoms with E-state index in [9.17, 15) is 4.79 Å². The maximum atomic E-state index is 12.3. The fourth-order valence-corrected chi connectivity index (χ4v) is 3.29. The summed E-state index contributed by atoms with van der Waals surface area (Å²) in [6, 6.07) is 6.04. The number of nitrogens with zero attached hydrogens (tertiary/aromatic N) is 1. The molecule has 1 saturated carbocycles. The summed E-state index contributed by atoms with van der Waals surface area (Å²) < 4.78 is 1.69. The van der Waals surface area contributed by atoms with Crippen LogP contribution < -0.4 is 16.4 Å². The molecule has 4 N–H and O–H groups in total. The lowest BCUT2D eigenvalue weighted by Crippen LogP contribution is -2.12. The Morgan fingerprint density at radius 3 is 2.86 bits per heavy atom. The fourth-order valence-electron chi connectivity index (χ4n) is 1.73. The molecule has 0 bridgehead atoms. The molecule has 21 heavy (non-hydrogen) atoms. The third kappa shape index (κ3) is 3.56. The number of rotatable bonds is 4. The monoisotopic (exact) mass is 430 g/mol. The van der Waals surface area contributed by atoms with Crippen molar-refractivity contribution in [3.63, 3.8) is 0 Å². The van der Waals surface area contributed by atoms with E-state index < -0.39 is 0 Å². The van der Waals surface area contributed by atoms with Crippen molar-refractivity contribution < 1.29 is 4.79 Å². The van der Waals surface area contributed by atoms with Gasteiger partial charge in [0.05, 0.1) is 5.69 Å². The van der Waals surface area contributed by atoms with E-state index in [-0.39, 0.29) is 11.7 Å². The number of nitrogens with one attached hydrogen (secondary N) is 2. The van der Waals surface area contributed by atoms with Crippen LogP contribution in [-0.2, 0) is 0 Å². The van der Waals surface area contributed by atoms with E-state index in [1.807, 2.05) is 18.2 Å². The van der Waals surface area contributed by atoms with Gasteiger partial charge in [0.15, 0.2) is 5.13 Å². The van der Waals surface area contributed by atoms with Crippen molar-refractivity contribution in [2.75, 3.05) is 16.4 Å². The Morgan fingerprint density at radius 2 is 2.14 bits per heavy atom. The van der Waals surface area contributed by atoms with Crippen LogP contribution in [0.15, 0.2) is 27.1 Å². The van der Waals surface area contributed by atoms with Crippen LogP contribution in [0.1, 0.15) is 22.5 Å². The van der Waals surface area contributed by atoms with Crippen LogP contribution in [-0.4, -0.2) is 16.9 Å². The number of anilines is 3. The van der Waals surface area contributed by atoms with Gasteiger partial charge in [-0.2, -0.15) is 0 Å². The summed E-state index contributed by atoms with van der Waals surface area (Å²) >= 11 is 8.06. The molecule has 5 nitrogen and oxygen atoms in total. The second kappa shape index (κ2) is 5.94. The lowest BCUT2D eigenvalue weighted by Gasteiger charge is -2.06. The van der Waals surface area contributed by atoms with E-state index in [0.717, 1.165) is 21.8 Å². The molecule has 2 aromatic rings. The van der Waals surface area contributed by atoms with Crippen molar-refractivity contribution >= 4 is 65.7 Å². The predicted molar refractivity (Wildman–Crippen MR) is 93.0 cm³/mol. The maximum Gasteiger partial charge on any atom is 0.269 e. The molecule has 8 heteroatoms. The first-order valence-electron chi connectivity index (χ1n) is 6.32. The normalized spacial score (nSPS) is 14.0. The highest BCUT2D eigenvalue weighted by Crippen LogP contribution is 2.32. The smallest absolute Gasteiger partial charge is 0.269 e. The molecule has 1 amide bonds. The summed E-state index contributed by atoms with van der Waals surface area (Å²) in [4.78, 5) is 16.9. The van der Waals surface area contributed by atoms with Gasteiger partial charge in [-0.1, -0.05) is 27.3 Å². The zero-order chi connectivity index (χ0) is 15.0. The molecule has 1 fully saturated rings. The molecule has 0 saturated heterocycles. The summed E-state index contributed by atoms with van der Waals surface area (Å²) in [7, 11) is 0. The first kappa shape index (κ1) is 14.8. The van der Waals surface area contributed by atoms with Gasteiger partial charge in [0, 0.05) is 15.0 Å². The average Bonchev–Trinajstić information content (AvgIpc) is 3.16. The number of thiazole rings is 1. The first-order valence-corrected chi connectivity index (χ1v) is 8.72. The van der Waals surface area contributed by atoms with Gasteiger partial charge < -0.3 is 16.4 Å². The van der Waals surface area contributed by atoms with Crippen molar-refractivity contribution in [2.24, 2.45) is 0 Å². The van der Waals surface area contributed by atoms with Crippen LogP contribution in [0.5, 0.6) is 0 Å². The molecule has 110 valence electrons. The summed E-state index contributed by atoms with van der Waals surface area (Å²) in [6.45, 7) is 0. The van der Waals surface area contributed by atoms with Gasteiger partial charge in [0.1, 0.15) is 10.7 Å². The Balaban J connectivity index is 1.78. The fraction of sp³-hybridized carbons (Fsp3) is 0.231. The van der Waals surface area contributed by atoms with Crippen LogP contribution >= 0.6 is 43.2 Å². The second-order valence-electron chi connectivity index (χ2n) is 4.73. The Labute approximate surface area is 142 Å². The van der Waals surface area contributed by atoms with E-state index in [2.05, 4.69) is 47.5 Å². The standard InChI is InChI=1S/C13H12Br2N4OS/c14-6-1-4-8(15)9(5-6)18-12(20)10-11(16)19-13(21-10)17-7-2-3-7/h1,4-5,7H,2-3,16H2,(H,17,19)(H,18,20). The van der Waals surface area contributed by atoms with E-state index in [1.54, 1.807) is 0 Å². The highest BCUT2D eigenvalue weighted by Gasteiger charge is 2.24. The van der Waals surface area contributed by atoms with Gasteiger partial charge in [-0.15, -0.1) is 0 Å². The number of nitrogen functional groups attached to an aromatic ring is 1. The van der Waals surface area contributed by atoms with Crippen molar-refractivity contribution in [1.29, 1.82) is 0 Å². The maximum absolute atomic E-state index is 12.3. The minimum absolute atomic E-state index is 0.256. The summed E-state index contributed by atoms with van der Waals surface area (Å²) in [6.07, 6.45) is 2.29. The summed E-state index contributed by atoms with van der Waals surface area (Å²) in [5.74, 6) is -0.000541. The molecule has 1 aromatic carbocycles. The van der Waals surface area contributed by atoms with E-state index in [4.69, 9.17) is 5.73 Å². The number of nitrogens with two attached hydrogens (primary N) is 1. The zero-order valence-corrected chi connectivity index (χ0v) is 14.8. The lowest BCUT2D eigenvalue weighted by atomic mass is 10.3. The highest BCUT2D eigenvalue weighted by molar-refractivity contribution is 9.11. The molecule has 3 rings (SSSR count). The molecule has 0 aliphatic heterocycles. The Kier molecular flexibility index (Phi) is 4.19. The van der Waals surface area contributed by atoms with E-state index in [1.165, 1.54) is 11.3 Å². The molecule has 1 aromatic heterocycles. The van der Waals surface area contributed by atoms with Crippen LogP contribution in [0.2, 0.25) is 0 Å². The van der Waals surface area contributed by atoms with Crippen molar-refractivity contribution in [1.82, 2.24) is 4.98 Å².